The molecule has 1 aliphatic rings. The third kappa shape index (κ3) is 3.02. The number of nitrogens with two attached hydrogens (primary N) is 1. The molecule has 1 fully saturated rings. The molecule has 2 N–H and O–H groups in total. The van der Waals surface area contributed by atoms with Gasteiger partial charge in [0, 0.05) is 6.07 Å². The van der Waals surface area contributed by atoms with Gasteiger partial charge in [0.1, 0.15) is 5.60 Å². The van der Waals surface area contributed by atoms with Gasteiger partial charge in [0.2, 0.25) is 0 Å². The van der Waals surface area contributed by atoms with Crippen molar-refractivity contribution in [2.24, 2.45) is 0 Å². The molecule has 4 heteroatoms. The predicted octanol–water partition coefficient (Wildman–Crippen LogP) is 2.38. The molecule has 16 heavy (non-hydrogen) atoms. The third-order valence-corrected chi connectivity index (χ3v) is 2.06. The summed E-state index contributed by atoms with van der Waals surface area (Å²) >= 11 is 0. The molecule has 4 nitrogen and oxygen atoms in total. The van der Waals surface area contributed by atoms with Gasteiger partial charge >= 0.3 is 0 Å². The lowest BCUT2D eigenvalue weighted by atomic mass is 10.2. The number of rotatable bonds is 3. The SMILES string of the molecule is CC(C)(C)Oc1ncc(N)cc1OC1CC1. The minimum absolute atomic E-state index is 0.287. The van der Waals surface area contributed by atoms with Gasteiger partial charge in [0.15, 0.2) is 5.75 Å². The quantitative estimate of drug-likeness (QED) is 0.853. The molecule has 1 saturated carbocycles. The van der Waals surface area contributed by atoms with Crippen LogP contribution in [0.15, 0.2) is 12.3 Å². The Morgan fingerprint density at radius 3 is 2.62 bits per heavy atom. The van der Waals surface area contributed by atoms with Crippen LogP contribution in [0.2, 0.25) is 0 Å². The van der Waals surface area contributed by atoms with E-state index in [-0.39, 0.29) is 5.60 Å². The van der Waals surface area contributed by atoms with Crippen LogP contribution in [0.5, 0.6) is 11.6 Å². The van der Waals surface area contributed by atoms with Crippen molar-refractivity contribution in [2.75, 3.05) is 5.73 Å². The van der Waals surface area contributed by atoms with Crippen LogP contribution in [0.25, 0.3) is 0 Å². The van der Waals surface area contributed by atoms with Gasteiger partial charge in [-0.25, -0.2) is 4.98 Å². The largest absolute Gasteiger partial charge is 0.485 e. The Balaban J connectivity index is 2.20. The van der Waals surface area contributed by atoms with Crippen LogP contribution in [0.4, 0.5) is 5.69 Å². The van der Waals surface area contributed by atoms with Crippen LogP contribution in [0.3, 0.4) is 0 Å². The maximum Gasteiger partial charge on any atom is 0.257 e. The molecule has 0 radical (unpaired) electrons. The standard InChI is InChI=1S/C12H18N2O2/c1-12(2,3)16-11-10(15-9-4-5-9)6-8(13)7-14-11/h6-7,9H,4-5,13H2,1-3H3. The van der Waals surface area contributed by atoms with E-state index in [0.717, 1.165) is 12.8 Å². The zero-order chi connectivity index (χ0) is 11.8. The maximum atomic E-state index is 5.72. The van der Waals surface area contributed by atoms with Crippen LogP contribution in [-0.2, 0) is 0 Å². The number of nitrogen functional groups attached to an aromatic ring is 1. The van der Waals surface area contributed by atoms with E-state index in [1.165, 1.54) is 0 Å². The third-order valence-electron chi connectivity index (χ3n) is 2.06. The Hall–Kier alpha value is -1.45. The van der Waals surface area contributed by atoms with Gasteiger partial charge in [-0.05, 0) is 33.6 Å². The fourth-order valence-electron chi connectivity index (χ4n) is 1.26. The van der Waals surface area contributed by atoms with E-state index in [1.807, 2.05) is 20.8 Å². The van der Waals surface area contributed by atoms with E-state index in [0.29, 0.717) is 23.4 Å². The number of anilines is 1. The zero-order valence-electron chi connectivity index (χ0n) is 9.99. The molecule has 0 unspecified atom stereocenters. The van der Waals surface area contributed by atoms with Gasteiger partial charge in [-0.15, -0.1) is 0 Å². The molecule has 0 aromatic carbocycles. The molecular formula is C12H18N2O2. The van der Waals surface area contributed by atoms with Gasteiger partial charge in [0.05, 0.1) is 18.0 Å². The van der Waals surface area contributed by atoms with Crippen LogP contribution in [0, 0.1) is 0 Å². The van der Waals surface area contributed by atoms with Crippen molar-refractivity contribution >= 4 is 5.69 Å². The van der Waals surface area contributed by atoms with Crippen LogP contribution in [0.1, 0.15) is 33.6 Å². The molecule has 0 atom stereocenters. The Bertz CT molecular complexity index is 381. The number of aromatic nitrogens is 1. The summed E-state index contributed by atoms with van der Waals surface area (Å²) in [7, 11) is 0. The molecular weight excluding hydrogens is 204 g/mol. The van der Waals surface area contributed by atoms with Crippen molar-refractivity contribution in [3.05, 3.63) is 12.3 Å². The normalized spacial score (nSPS) is 15.9. The second-order valence-corrected chi connectivity index (χ2v) is 5.10. The van der Waals surface area contributed by atoms with Crippen LogP contribution >= 0.6 is 0 Å². The maximum absolute atomic E-state index is 5.72. The summed E-state index contributed by atoms with van der Waals surface area (Å²) in [5, 5.41) is 0. The van der Waals surface area contributed by atoms with Crippen molar-refractivity contribution in [2.45, 2.75) is 45.3 Å². The van der Waals surface area contributed by atoms with E-state index in [1.54, 1.807) is 12.3 Å². The Morgan fingerprint density at radius 2 is 2.06 bits per heavy atom. The van der Waals surface area contributed by atoms with Crippen LogP contribution < -0.4 is 15.2 Å². The summed E-state index contributed by atoms with van der Waals surface area (Å²) in [6.45, 7) is 5.93. The second-order valence-electron chi connectivity index (χ2n) is 5.10. The molecule has 1 aromatic rings. The monoisotopic (exact) mass is 222 g/mol. The minimum atomic E-state index is -0.287. The van der Waals surface area contributed by atoms with E-state index < -0.39 is 0 Å². The predicted molar refractivity (Wildman–Crippen MR) is 62.7 cm³/mol. The summed E-state index contributed by atoms with van der Waals surface area (Å²) in [6, 6.07) is 1.77. The second kappa shape index (κ2) is 3.85. The number of pyridine rings is 1. The highest BCUT2D eigenvalue weighted by atomic mass is 16.5. The van der Waals surface area contributed by atoms with Crippen molar-refractivity contribution in [3.8, 4) is 11.6 Å². The lowest BCUT2D eigenvalue weighted by Gasteiger charge is -2.22. The van der Waals surface area contributed by atoms with Gasteiger partial charge < -0.3 is 15.2 Å². The van der Waals surface area contributed by atoms with Crippen molar-refractivity contribution in [1.82, 2.24) is 4.98 Å². The fourth-order valence-corrected chi connectivity index (χ4v) is 1.26. The zero-order valence-corrected chi connectivity index (χ0v) is 9.99. The van der Waals surface area contributed by atoms with E-state index in [9.17, 15) is 0 Å². The number of hydrogen-bond donors (Lipinski definition) is 1. The summed E-state index contributed by atoms with van der Waals surface area (Å²) in [5.41, 5.74) is 6.00. The van der Waals surface area contributed by atoms with Gasteiger partial charge in [-0.1, -0.05) is 0 Å². The summed E-state index contributed by atoms with van der Waals surface area (Å²) < 4.78 is 11.4. The fraction of sp³-hybridized carbons (Fsp3) is 0.583. The summed E-state index contributed by atoms with van der Waals surface area (Å²) in [6.07, 6.45) is 4.10. The Morgan fingerprint density at radius 1 is 1.38 bits per heavy atom. The van der Waals surface area contributed by atoms with Crippen LogP contribution in [-0.4, -0.2) is 16.7 Å². The molecule has 0 saturated heterocycles. The summed E-state index contributed by atoms with van der Waals surface area (Å²) in [4.78, 5) is 4.17. The highest BCUT2D eigenvalue weighted by molar-refractivity contribution is 5.47. The lowest BCUT2D eigenvalue weighted by Crippen LogP contribution is -2.24. The molecule has 1 heterocycles. The smallest absolute Gasteiger partial charge is 0.257 e. The topological polar surface area (TPSA) is 57.4 Å². The van der Waals surface area contributed by atoms with Crippen molar-refractivity contribution < 1.29 is 9.47 Å². The number of nitrogens with zero attached hydrogens (tertiary/aromatic N) is 1. The molecule has 0 amide bonds. The first-order valence-corrected chi connectivity index (χ1v) is 5.55. The highest BCUT2D eigenvalue weighted by Gasteiger charge is 2.26. The first-order valence-electron chi connectivity index (χ1n) is 5.55. The molecule has 0 spiro atoms. The van der Waals surface area contributed by atoms with E-state index >= 15 is 0 Å². The molecule has 88 valence electrons. The molecule has 1 aromatic heterocycles. The Labute approximate surface area is 95.8 Å². The van der Waals surface area contributed by atoms with Gasteiger partial charge in [-0.2, -0.15) is 0 Å². The molecule has 2 rings (SSSR count). The van der Waals surface area contributed by atoms with Crippen molar-refractivity contribution in [1.29, 1.82) is 0 Å². The molecule has 1 aliphatic carbocycles. The molecule has 0 aliphatic heterocycles. The highest BCUT2D eigenvalue weighted by Crippen LogP contribution is 2.34. The van der Waals surface area contributed by atoms with Gasteiger partial charge in [0.25, 0.3) is 5.88 Å². The van der Waals surface area contributed by atoms with Gasteiger partial charge in [-0.3, -0.25) is 0 Å². The molecule has 0 bridgehead atoms. The summed E-state index contributed by atoms with van der Waals surface area (Å²) in [5.74, 6) is 1.17. The first-order chi connectivity index (χ1) is 7.44. The lowest BCUT2D eigenvalue weighted by molar-refractivity contribution is 0.115. The van der Waals surface area contributed by atoms with E-state index in [4.69, 9.17) is 15.2 Å². The minimum Gasteiger partial charge on any atom is -0.485 e. The number of ether oxygens (including phenoxy) is 2. The number of hydrogen-bond acceptors (Lipinski definition) is 4. The average molecular weight is 222 g/mol. The van der Waals surface area contributed by atoms with Crippen molar-refractivity contribution in [3.63, 3.8) is 0 Å². The van der Waals surface area contributed by atoms with E-state index in [2.05, 4.69) is 4.98 Å². The first kappa shape index (κ1) is 11.0. The average Bonchev–Trinajstić information content (AvgIpc) is 2.91. The Kier molecular flexibility index (Phi) is 2.66.